The van der Waals surface area contributed by atoms with Crippen LogP contribution >= 0.6 is 0 Å². The number of ether oxygens (including phenoxy) is 1. The Bertz CT molecular complexity index is 1700. The summed E-state index contributed by atoms with van der Waals surface area (Å²) in [6.45, 7) is 6.32. The largest absolute Gasteiger partial charge is 0.474 e. The molecule has 4 atom stereocenters. The maximum absolute atomic E-state index is 13.8. The number of hydrogen-bond acceptors (Lipinski definition) is 7. The van der Waals surface area contributed by atoms with Crippen molar-refractivity contribution < 1.29 is 23.1 Å². The molecule has 6 rings (SSSR count). The number of piperazine rings is 1. The van der Waals surface area contributed by atoms with Gasteiger partial charge >= 0.3 is 0 Å². The van der Waals surface area contributed by atoms with Gasteiger partial charge in [0.2, 0.25) is 11.8 Å². The van der Waals surface area contributed by atoms with Crippen LogP contribution in [0.1, 0.15) is 89.2 Å². The Morgan fingerprint density at radius 3 is 2.24 bits per heavy atom. The number of carbonyl (C=O) groups is 2. The van der Waals surface area contributed by atoms with E-state index in [9.17, 15) is 18.4 Å². The minimum Gasteiger partial charge on any atom is -0.474 e. The fourth-order valence-corrected chi connectivity index (χ4v) is 7.60. The summed E-state index contributed by atoms with van der Waals surface area (Å²) in [5.41, 5.74) is 3.77. The molecule has 4 unspecified atom stereocenters. The summed E-state index contributed by atoms with van der Waals surface area (Å²) >= 11 is 0. The standard InChI is InChI=1S/C41H49F2N5O3/c1-3-29-25-36(31-11-16-33(42)17-12-31)37(46-41(29)32-13-18-34(43)19-14-32)9-6-10-40(50)48-23-21-47(22-24-48)38-26-39(45-27-44-38)51-35-8-5-4-7-30(15-20-35)28(2)49/h11-14,16-19,25-27,29-30,35,37H,3-10,15,20-24H2,1-2H3. The van der Waals surface area contributed by atoms with Crippen molar-refractivity contribution in [3.8, 4) is 5.88 Å². The van der Waals surface area contributed by atoms with Crippen molar-refractivity contribution in [3.05, 3.63) is 89.8 Å². The topological polar surface area (TPSA) is 88.0 Å². The van der Waals surface area contributed by atoms with Crippen LogP contribution in [0.25, 0.3) is 5.57 Å². The molecule has 8 nitrogen and oxygen atoms in total. The fourth-order valence-electron chi connectivity index (χ4n) is 7.60. The molecule has 0 spiro atoms. The summed E-state index contributed by atoms with van der Waals surface area (Å²) in [5, 5.41) is 0. The van der Waals surface area contributed by atoms with E-state index in [1.165, 1.54) is 30.6 Å². The zero-order chi connectivity index (χ0) is 35.7. The average Bonchev–Trinajstić information content (AvgIpc) is 3.13. The normalized spacial score (nSPS) is 22.7. The second kappa shape index (κ2) is 17.2. The number of Topliss-reactive ketones (excluding diaryl/α,β-unsaturated/α-hetero) is 1. The van der Waals surface area contributed by atoms with E-state index in [0.717, 1.165) is 73.2 Å². The molecule has 270 valence electrons. The molecule has 51 heavy (non-hydrogen) atoms. The first-order valence-corrected chi connectivity index (χ1v) is 18.6. The first kappa shape index (κ1) is 36.3. The molecule has 2 aromatic carbocycles. The van der Waals surface area contributed by atoms with Gasteiger partial charge in [0.25, 0.3) is 0 Å². The summed E-state index contributed by atoms with van der Waals surface area (Å²) in [5.74, 6) is 1.32. The molecule has 0 bridgehead atoms. The molecule has 3 aliphatic rings. The van der Waals surface area contributed by atoms with Crippen LogP contribution in [-0.4, -0.2) is 70.6 Å². The Balaban J connectivity index is 1.04. The highest BCUT2D eigenvalue weighted by atomic mass is 19.1. The lowest BCUT2D eigenvalue weighted by Crippen LogP contribution is -2.49. The second-order valence-corrected chi connectivity index (χ2v) is 14.1. The Hall–Kier alpha value is -4.47. The molecule has 0 radical (unpaired) electrons. The lowest BCUT2D eigenvalue weighted by Gasteiger charge is -2.35. The van der Waals surface area contributed by atoms with Crippen LogP contribution in [0.15, 0.2) is 72.0 Å². The first-order chi connectivity index (χ1) is 24.8. The fraction of sp³-hybridized carbons (Fsp3) is 0.488. The van der Waals surface area contributed by atoms with E-state index < -0.39 is 0 Å². The van der Waals surface area contributed by atoms with E-state index in [2.05, 4.69) is 27.9 Å². The van der Waals surface area contributed by atoms with Gasteiger partial charge < -0.3 is 14.5 Å². The van der Waals surface area contributed by atoms with Crippen molar-refractivity contribution in [3.63, 3.8) is 0 Å². The van der Waals surface area contributed by atoms with Gasteiger partial charge in [-0.3, -0.25) is 14.6 Å². The lowest BCUT2D eigenvalue weighted by atomic mass is 9.83. The Labute approximate surface area is 300 Å². The van der Waals surface area contributed by atoms with Crippen LogP contribution in [-0.2, 0) is 9.59 Å². The van der Waals surface area contributed by atoms with E-state index in [1.807, 2.05) is 11.0 Å². The third-order valence-corrected chi connectivity index (χ3v) is 10.6. The van der Waals surface area contributed by atoms with Crippen LogP contribution in [0.4, 0.5) is 14.6 Å². The van der Waals surface area contributed by atoms with Gasteiger partial charge in [0, 0.05) is 56.2 Å². The average molecular weight is 698 g/mol. The van der Waals surface area contributed by atoms with Gasteiger partial charge in [-0.1, -0.05) is 43.7 Å². The van der Waals surface area contributed by atoms with Gasteiger partial charge in [0.05, 0.1) is 6.04 Å². The van der Waals surface area contributed by atoms with Gasteiger partial charge in [-0.25, -0.2) is 18.7 Å². The number of anilines is 1. The van der Waals surface area contributed by atoms with Crippen molar-refractivity contribution >= 4 is 28.8 Å². The van der Waals surface area contributed by atoms with Crippen LogP contribution in [0.3, 0.4) is 0 Å². The third kappa shape index (κ3) is 9.45. The molecule has 1 aromatic heterocycles. The molecule has 2 fully saturated rings. The molecule has 1 amide bonds. The number of carbonyl (C=O) groups excluding carboxylic acids is 2. The molecule has 10 heteroatoms. The molecule has 2 aliphatic heterocycles. The zero-order valence-corrected chi connectivity index (χ0v) is 29.8. The van der Waals surface area contributed by atoms with Crippen LogP contribution in [0, 0.1) is 23.5 Å². The summed E-state index contributed by atoms with van der Waals surface area (Å²) in [6, 6.07) is 14.7. The number of hydrogen-bond donors (Lipinski definition) is 0. The van der Waals surface area contributed by atoms with Gasteiger partial charge in [-0.05, 0) is 99.3 Å². The molecule has 1 saturated carbocycles. The molecular formula is C41H49F2N5O3. The molecule has 3 heterocycles. The monoisotopic (exact) mass is 697 g/mol. The van der Waals surface area contributed by atoms with Crippen molar-refractivity contribution in [1.29, 1.82) is 0 Å². The van der Waals surface area contributed by atoms with E-state index >= 15 is 0 Å². The second-order valence-electron chi connectivity index (χ2n) is 14.1. The number of ketones is 1. The van der Waals surface area contributed by atoms with Crippen molar-refractivity contribution in [2.45, 2.75) is 90.2 Å². The van der Waals surface area contributed by atoms with Gasteiger partial charge in [-0.2, -0.15) is 0 Å². The summed E-state index contributed by atoms with van der Waals surface area (Å²) in [6.07, 6.45) is 12.0. The number of benzene rings is 2. The summed E-state index contributed by atoms with van der Waals surface area (Å²) < 4.78 is 33.8. The highest BCUT2D eigenvalue weighted by Gasteiger charge is 2.28. The Morgan fingerprint density at radius 1 is 0.863 bits per heavy atom. The van der Waals surface area contributed by atoms with Crippen LogP contribution in [0.5, 0.6) is 5.88 Å². The number of nitrogens with zero attached hydrogens (tertiary/aromatic N) is 5. The van der Waals surface area contributed by atoms with E-state index in [-0.39, 0.29) is 47.3 Å². The number of amides is 1. The summed E-state index contributed by atoms with van der Waals surface area (Å²) in [7, 11) is 0. The highest BCUT2D eigenvalue weighted by Crippen LogP contribution is 2.34. The molecule has 1 saturated heterocycles. The van der Waals surface area contributed by atoms with E-state index in [0.29, 0.717) is 51.3 Å². The predicted octanol–water partition coefficient (Wildman–Crippen LogP) is 7.86. The number of dihydropyridines is 1. The quantitative estimate of drug-likeness (QED) is 0.203. The minimum absolute atomic E-state index is 0.0357. The first-order valence-electron chi connectivity index (χ1n) is 18.6. The van der Waals surface area contributed by atoms with Crippen LogP contribution < -0.4 is 9.64 Å². The van der Waals surface area contributed by atoms with E-state index in [1.54, 1.807) is 31.2 Å². The highest BCUT2D eigenvalue weighted by molar-refractivity contribution is 6.06. The van der Waals surface area contributed by atoms with Crippen molar-refractivity contribution in [2.24, 2.45) is 16.8 Å². The molecule has 3 aromatic rings. The van der Waals surface area contributed by atoms with Crippen LogP contribution in [0.2, 0.25) is 0 Å². The Morgan fingerprint density at radius 2 is 1.55 bits per heavy atom. The zero-order valence-electron chi connectivity index (χ0n) is 29.8. The predicted molar refractivity (Wildman–Crippen MR) is 196 cm³/mol. The number of aliphatic imine (C=N–C) groups is 1. The van der Waals surface area contributed by atoms with Gasteiger partial charge in [-0.15, -0.1) is 0 Å². The molecular weight excluding hydrogens is 648 g/mol. The SMILES string of the molecule is CCC1C=C(c2ccc(F)cc2)C(CCCC(=O)N2CCN(c3cc(OC4CCCCC(C(C)=O)CC4)ncn3)CC2)N=C1c1ccc(F)cc1. The number of allylic oxidation sites excluding steroid dienone is 1. The maximum Gasteiger partial charge on any atom is 0.222 e. The Kier molecular flexibility index (Phi) is 12.2. The van der Waals surface area contributed by atoms with E-state index in [4.69, 9.17) is 9.73 Å². The lowest BCUT2D eigenvalue weighted by molar-refractivity contribution is -0.131. The maximum atomic E-state index is 13.8. The number of halogens is 2. The van der Waals surface area contributed by atoms with Gasteiger partial charge in [0.15, 0.2) is 0 Å². The number of aromatic nitrogens is 2. The molecule has 1 aliphatic carbocycles. The summed E-state index contributed by atoms with van der Waals surface area (Å²) in [4.78, 5) is 43.5. The smallest absolute Gasteiger partial charge is 0.222 e. The van der Waals surface area contributed by atoms with Crippen molar-refractivity contribution in [1.82, 2.24) is 14.9 Å². The third-order valence-electron chi connectivity index (χ3n) is 10.6. The number of rotatable bonds is 11. The minimum atomic E-state index is -0.289. The van der Waals surface area contributed by atoms with Crippen molar-refractivity contribution in [2.75, 3.05) is 31.1 Å². The van der Waals surface area contributed by atoms with Gasteiger partial charge in [0.1, 0.15) is 35.7 Å². The molecule has 0 N–H and O–H groups in total.